The van der Waals surface area contributed by atoms with Crippen molar-refractivity contribution < 1.29 is 5.11 Å². The predicted octanol–water partition coefficient (Wildman–Crippen LogP) is 1.62. The van der Waals surface area contributed by atoms with Gasteiger partial charge in [0.2, 0.25) is 0 Å². The van der Waals surface area contributed by atoms with Crippen LogP contribution in [0.2, 0.25) is 0 Å². The van der Waals surface area contributed by atoms with Crippen LogP contribution in [-0.2, 0) is 6.42 Å². The number of rotatable bonds is 4. The van der Waals surface area contributed by atoms with Crippen LogP contribution < -0.4 is 5.73 Å². The van der Waals surface area contributed by atoms with Gasteiger partial charge in [-0.3, -0.25) is 0 Å². The van der Waals surface area contributed by atoms with Crippen molar-refractivity contribution in [3.63, 3.8) is 0 Å². The number of hydrogen-bond acceptors (Lipinski definition) is 3. The first-order valence-corrected chi connectivity index (χ1v) is 5.28. The highest BCUT2D eigenvalue weighted by atomic mass is 32.2. The largest absolute Gasteiger partial charge is 0.381 e. The highest BCUT2D eigenvalue weighted by Crippen LogP contribution is 2.21. The molecule has 72 valence electrons. The summed E-state index contributed by atoms with van der Waals surface area (Å²) in [5.41, 5.74) is 6.12. The molecular formula is C10H15NOS. The van der Waals surface area contributed by atoms with Crippen molar-refractivity contribution in [3.8, 4) is 0 Å². The van der Waals surface area contributed by atoms with Crippen LogP contribution in [-0.4, -0.2) is 17.1 Å². The fourth-order valence-electron chi connectivity index (χ4n) is 1.01. The Balaban J connectivity index is 2.58. The second kappa shape index (κ2) is 5.27. The predicted molar refractivity (Wildman–Crippen MR) is 56.7 cm³/mol. The van der Waals surface area contributed by atoms with E-state index in [2.05, 4.69) is 19.1 Å². The van der Waals surface area contributed by atoms with Crippen LogP contribution >= 0.6 is 11.8 Å². The Hall–Kier alpha value is -0.510. The second-order valence-corrected chi connectivity index (χ2v) is 4.06. The van der Waals surface area contributed by atoms with Crippen molar-refractivity contribution >= 4 is 11.8 Å². The molecule has 1 aromatic rings. The fraction of sp³-hybridized carbons (Fsp3) is 0.400. The molecule has 0 heterocycles. The maximum absolute atomic E-state index is 9.28. The molecule has 13 heavy (non-hydrogen) atoms. The van der Waals surface area contributed by atoms with Crippen molar-refractivity contribution in [1.29, 1.82) is 0 Å². The maximum Gasteiger partial charge on any atom is 0.116 e. The first kappa shape index (κ1) is 10.6. The fourth-order valence-corrected chi connectivity index (χ4v) is 1.71. The summed E-state index contributed by atoms with van der Waals surface area (Å²) in [6, 6.07) is 8.18. The molecule has 0 fully saturated rings. The van der Waals surface area contributed by atoms with Gasteiger partial charge in [-0.05, 0) is 24.1 Å². The molecule has 0 spiro atoms. The highest BCUT2D eigenvalue weighted by molar-refractivity contribution is 7.99. The van der Waals surface area contributed by atoms with E-state index in [1.807, 2.05) is 12.1 Å². The summed E-state index contributed by atoms with van der Waals surface area (Å²) in [6.07, 6.45) is 1.05. The normalized spacial score (nSPS) is 12.8. The number of aliphatic hydroxyl groups excluding tert-OH is 1. The number of aliphatic hydroxyl groups is 1. The van der Waals surface area contributed by atoms with Crippen molar-refractivity contribution in [3.05, 3.63) is 29.8 Å². The quantitative estimate of drug-likeness (QED) is 0.569. The number of aryl methyl sites for hydroxylation is 1. The topological polar surface area (TPSA) is 46.2 Å². The van der Waals surface area contributed by atoms with E-state index in [1.165, 1.54) is 17.3 Å². The molecule has 2 nitrogen and oxygen atoms in total. The zero-order valence-electron chi connectivity index (χ0n) is 7.73. The van der Waals surface area contributed by atoms with Gasteiger partial charge in [0.05, 0.1) is 0 Å². The molecule has 3 heteroatoms. The molecule has 1 atom stereocenters. The Morgan fingerprint density at radius 3 is 2.46 bits per heavy atom. The molecule has 3 N–H and O–H groups in total. The van der Waals surface area contributed by atoms with Gasteiger partial charge in [-0.15, -0.1) is 0 Å². The van der Waals surface area contributed by atoms with Gasteiger partial charge in [-0.1, -0.05) is 30.8 Å². The summed E-state index contributed by atoms with van der Waals surface area (Å²) < 4.78 is 0. The van der Waals surface area contributed by atoms with Crippen LogP contribution in [0.1, 0.15) is 12.5 Å². The summed E-state index contributed by atoms with van der Waals surface area (Å²) in [5.74, 6) is 0. The second-order valence-electron chi connectivity index (χ2n) is 2.81. The summed E-state index contributed by atoms with van der Waals surface area (Å²) in [5, 5.41) is 9.28. The van der Waals surface area contributed by atoms with E-state index in [-0.39, 0.29) is 0 Å². The van der Waals surface area contributed by atoms with Gasteiger partial charge in [-0.2, -0.15) is 0 Å². The van der Waals surface area contributed by atoms with Crippen LogP contribution in [0, 0.1) is 0 Å². The number of nitrogens with two attached hydrogens (primary N) is 1. The van der Waals surface area contributed by atoms with E-state index in [4.69, 9.17) is 5.73 Å². The van der Waals surface area contributed by atoms with E-state index in [0.717, 1.165) is 11.3 Å². The van der Waals surface area contributed by atoms with E-state index in [1.54, 1.807) is 0 Å². The van der Waals surface area contributed by atoms with E-state index in [0.29, 0.717) is 6.54 Å². The monoisotopic (exact) mass is 197 g/mol. The van der Waals surface area contributed by atoms with Crippen LogP contribution in [0.5, 0.6) is 0 Å². The average molecular weight is 197 g/mol. The average Bonchev–Trinajstić information content (AvgIpc) is 2.19. The van der Waals surface area contributed by atoms with E-state index >= 15 is 0 Å². The molecule has 0 aromatic heterocycles. The van der Waals surface area contributed by atoms with Gasteiger partial charge in [0.1, 0.15) is 5.44 Å². The molecule has 0 aliphatic carbocycles. The summed E-state index contributed by atoms with van der Waals surface area (Å²) in [6.45, 7) is 2.41. The molecule has 0 amide bonds. The smallest absolute Gasteiger partial charge is 0.116 e. The molecule has 0 aliphatic rings. The Morgan fingerprint density at radius 1 is 1.38 bits per heavy atom. The minimum Gasteiger partial charge on any atom is -0.381 e. The third-order valence-electron chi connectivity index (χ3n) is 1.81. The lowest BCUT2D eigenvalue weighted by molar-refractivity contribution is 0.271. The first-order chi connectivity index (χ1) is 6.26. The Labute approximate surface area is 83.1 Å². The standard InChI is InChI=1S/C10H15NOS/c1-2-8-3-5-9(6-4-8)13-10(12)7-11/h3-6,10,12H,2,7,11H2,1H3. The minimum absolute atomic E-state index is 0.292. The van der Waals surface area contributed by atoms with Crippen molar-refractivity contribution in [2.24, 2.45) is 5.73 Å². The van der Waals surface area contributed by atoms with Crippen LogP contribution in [0.15, 0.2) is 29.2 Å². The summed E-state index contributed by atoms with van der Waals surface area (Å²) >= 11 is 1.39. The maximum atomic E-state index is 9.28. The van der Waals surface area contributed by atoms with Gasteiger partial charge in [-0.25, -0.2) is 0 Å². The molecule has 1 rings (SSSR count). The Bertz CT molecular complexity index is 248. The molecule has 1 unspecified atom stereocenters. The molecule has 0 saturated heterocycles. The Kier molecular flexibility index (Phi) is 4.28. The summed E-state index contributed by atoms with van der Waals surface area (Å²) in [4.78, 5) is 1.06. The van der Waals surface area contributed by atoms with Crippen molar-refractivity contribution in [1.82, 2.24) is 0 Å². The van der Waals surface area contributed by atoms with Crippen LogP contribution in [0.4, 0.5) is 0 Å². The molecule has 0 saturated carbocycles. The van der Waals surface area contributed by atoms with Gasteiger partial charge >= 0.3 is 0 Å². The van der Waals surface area contributed by atoms with Gasteiger partial charge in [0.15, 0.2) is 0 Å². The number of hydrogen-bond donors (Lipinski definition) is 2. The van der Waals surface area contributed by atoms with E-state index in [9.17, 15) is 5.11 Å². The van der Waals surface area contributed by atoms with Crippen molar-refractivity contribution in [2.75, 3.05) is 6.54 Å². The lowest BCUT2D eigenvalue weighted by atomic mass is 10.2. The third-order valence-corrected chi connectivity index (χ3v) is 2.81. The number of thioether (sulfide) groups is 1. The highest BCUT2D eigenvalue weighted by Gasteiger charge is 2.02. The van der Waals surface area contributed by atoms with Gasteiger partial charge in [0.25, 0.3) is 0 Å². The number of benzene rings is 1. The van der Waals surface area contributed by atoms with Crippen LogP contribution in [0.25, 0.3) is 0 Å². The van der Waals surface area contributed by atoms with Gasteiger partial charge in [0, 0.05) is 11.4 Å². The molecular weight excluding hydrogens is 182 g/mol. The van der Waals surface area contributed by atoms with Crippen LogP contribution in [0.3, 0.4) is 0 Å². The zero-order valence-corrected chi connectivity index (χ0v) is 8.55. The van der Waals surface area contributed by atoms with Gasteiger partial charge < -0.3 is 10.8 Å². The van der Waals surface area contributed by atoms with E-state index < -0.39 is 5.44 Å². The SMILES string of the molecule is CCc1ccc(SC(O)CN)cc1. The lowest BCUT2D eigenvalue weighted by Gasteiger charge is -2.07. The van der Waals surface area contributed by atoms with Crippen molar-refractivity contribution in [2.45, 2.75) is 23.7 Å². The molecule has 0 radical (unpaired) electrons. The Morgan fingerprint density at radius 2 is 2.00 bits per heavy atom. The lowest BCUT2D eigenvalue weighted by Crippen LogP contribution is -2.15. The zero-order chi connectivity index (χ0) is 9.68. The molecule has 0 aliphatic heterocycles. The third kappa shape index (κ3) is 3.38. The molecule has 0 bridgehead atoms. The minimum atomic E-state index is -0.493. The first-order valence-electron chi connectivity index (χ1n) is 4.40. The molecule has 1 aromatic carbocycles. The summed E-state index contributed by atoms with van der Waals surface area (Å²) in [7, 11) is 0.